The van der Waals surface area contributed by atoms with E-state index < -0.39 is 10.0 Å². The number of hydrogen-bond donors (Lipinski definition) is 3. The summed E-state index contributed by atoms with van der Waals surface area (Å²) < 4.78 is 22.5. The van der Waals surface area contributed by atoms with Crippen molar-refractivity contribution in [3.63, 3.8) is 0 Å². The zero-order valence-corrected chi connectivity index (χ0v) is 17.0. The molecule has 0 fully saturated rings. The van der Waals surface area contributed by atoms with Crippen molar-refractivity contribution in [2.75, 3.05) is 20.1 Å². The largest absolute Gasteiger partial charge is 0.356 e. The van der Waals surface area contributed by atoms with E-state index in [1.807, 2.05) is 0 Å². The van der Waals surface area contributed by atoms with Gasteiger partial charge in [0.1, 0.15) is 0 Å². The Bertz CT molecular complexity index is 827. The molecule has 0 radical (unpaired) electrons. The molecule has 0 unspecified atom stereocenters. The summed E-state index contributed by atoms with van der Waals surface area (Å²) in [5.74, 6) is 0.746. The molecule has 8 heteroatoms. The van der Waals surface area contributed by atoms with Crippen molar-refractivity contribution in [1.29, 1.82) is 0 Å². The van der Waals surface area contributed by atoms with Gasteiger partial charge in [0.05, 0.1) is 4.90 Å². The predicted octanol–water partition coefficient (Wildman–Crippen LogP) is 2.08. The SMILES string of the molecule is CN=C(NCCc1ccc(S(N)(=O)=O)cc1)NCC(C)(C)c1cccs1. The van der Waals surface area contributed by atoms with Crippen LogP contribution in [-0.2, 0) is 21.9 Å². The summed E-state index contributed by atoms with van der Waals surface area (Å²) >= 11 is 1.76. The highest BCUT2D eigenvalue weighted by Gasteiger charge is 2.21. The first-order chi connectivity index (χ1) is 12.2. The molecule has 6 nitrogen and oxygen atoms in total. The summed E-state index contributed by atoms with van der Waals surface area (Å²) in [6.07, 6.45) is 0.750. The number of rotatable bonds is 7. The predicted molar refractivity (Wildman–Crippen MR) is 108 cm³/mol. The molecule has 0 aliphatic heterocycles. The topological polar surface area (TPSA) is 96.6 Å². The lowest BCUT2D eigenvalue weighted by Crippen LogP contribution is -2.43. The van der Waals surface area contributed by atoms with E-state index >= 15 is 0 Å². The molecule has 26 heavy (non-hydrogen) atoms. The van der Waals surface area contributed by atoms with Gasteiger partial charge in [-0.2, -0.15) is 0 Å². The van der Waals surface area contributed by atoms with E-state index in [4.69, 9.17) is 5.14 Å². The van der Waals surface area contributed by atoms with Gasteiger partial charge in [-0.15, -0.1) is 11.3 Å². The van der Waals surface area contributed by atoms with E-state index in [0.29, 0.717) is 6.54 Å². The molecular formula is C18H26N4O2S2. The van der Waals surface area contributed by atoms with Crippen LogP contribution in [0.5, 0.6) is 0 Å². The Balaban J connectivity index is 1.82. The molecule has 1 aromatic heterocycles. The van der Waals surface area contributed by atoms with Gasteiger partial charge in [-0.3, -0.25) is 4.99 Å². The van der Waals surface area contributed by atoms with Gasteiger partial charge >= 0.3 is 0 Å². The minimum Gasteiger partial charge on any atom is -0.356 e. The smallest absolute Gasteiger partial charge is 0.238 e. The van der Waals surface area contributed by atoms with Crippen LogP contribution in [0, 0.1) is 0 Å². The zero-order valence-electron chi connectivity index (χ0n) is 15.3. The van der Waals surface area contributed by atoms with Crippen LogP contribution in [0.1, 0.15) is 24.3 Å². The summed E-state index contributed by atoms with van der Waals surface area (Å²) in [5.41, 5.74) is 1.05. The molecule has 2 aromatic rings. The highest BCUT2D eigenvalue weighted by atomic mass is 32.2. The minimum atomic E-state index is -3.64. The van der Waals surface area contributed by atoms with Crippen molar-refractivity contribution in [1.82, 2.24) is 10.6 Å². The molecule has 4 N–H and O–H groups in total. The second kappa shape index (κ2) is 8.66. The highest BCUT2D eigenvalue weighted by Crippen LogP contribution is 2.26. The Labute approximate surface area is 159 Å². The maximum absolute atomic E-state index is 11.3. The summed E-state index contributed by atoms with van der Waals surface area (Å²) in [4.78, 5) is 5.71. The van der Waals surface area contributed by atoms with Crippen LogP contribution in [0.25, 0.3) is 0 Å². The third-order valence-electron chi connectivity index (χ3n) is 4.07. The molecule has 0 aliphatic carbocycles. The minimum absolute atomic E-state index is 0.0231. The van der Waals surface area contributed by atoms with Gasteiger partial charge in [-0.25, -0.2) is 13.6 Å². The Morgan fingerprint density at radius 2 is 1.88 bits per heavy atom. The molecule has 142 valence electrons. The number of nitrogens with zero attached hydrogens (tertiary/aromatic N) is 1. The molecule has 1 aromatic carbocycles. The Morgan fingerprint density at radius 1 is 1.19 bits per heavy atom. The standard InChI is InChI=1S/C18H26N4O2S2/c1-18(2,16-5-4-12-25-16)13-22-17(20-3)21-11-10-14-6-8-15(9-7-14)26(19,23)24/h4-9,12H,10-11,13H2,1-3H3,(H2,19,23,24)(H2,20,21,22). The first-order valence-electron chi connectivity index (χ1n) is 8.32. The van der Waals surface area contributed by atoms with Gasteiger partial charge in [-0.05, 0) is 35.6 Å². The van der Waals surface area contributed by atoms with E-state index in [9.17, 15) is 8.42 Å². The van der Waals surface area contributed by atoms with Crippen LogP contribution in [0.4, 0.5) is 0 Å². The van der Waals surface area contributed by atoms with Gasteiger partial charge in [0.15, 0.2) is 5.96 Å². The van der Waals surface area contributed by atoms with E-state index in [1.165, 1.54) is 17.0 Å². The number of guanidine groups is 1. The first-order valence-corrected chi connectivity index (χ1v) is 10.8. The summed E-state index contributed by atoms with van der Waals surface area (Å²) in [6, 6.07) is 10.8. The summed E-state index contributed by atoms with van der Waals surface area (Å²) in [6.45, 7) is 5.86. The fourth-order valence-corrected chi connectivity index (χ4v) is 3.81. The van der Waals surface area contributed by atoms with Crippen molar-refractivity contribution >= 4 is 27.3 Å². The lowest BCUT2D eigenvalue weighted by atomic mass is 9.91. The van der Waals surface area contributed by atoms with E-state index in [2.05, 4.69) is 47.0 Å². The van der Waals surface area contributed by atoms with E-state index in [-0.39, 0.29) is 10.3 Å². The molecule has 0 bridgehead atoms. The van der Waals surface area contributed by atoms with Crippen LogP contribution >= 0.6 is 11.3 Å². The highest BCUT2D eigenvalue weighted by molar-refractivity contribution is 7.89. The number of thiophene rings is 1. The monoisotopic (exact) mass is 394 g/mol. The molecule has 0 saturated heterocycles. The van der Waals surface area contributed by atoms with Gasteiger partial charge in [0, 0.05) is 30.4 Å². The molecule has 0 amide bonds. The molecule has 0 saturated carbocycles. The zero-order chi connectivity index (χ0) is 19.2. The number of benzene rings is 1. The van der Waals surface area contributed by atoms with Crippen molar-refractivity contribution in [3.05, 3.63) is 52.2 Å². The quantitative estimate of drug-likeness (QED) is 0.495. The van der Waals surface area contributed by atoms with Crippen LogP contribution in [0.3, 0.4) is 0 Å². The maximum Gasteiger partial charge on any atom is 0.238 e. The first kappa shape index (κ1) is 20.4. The third-order valence-corrected chi connectivity index (χ3v) is 6.23. The fourth-order valence-electron chi connectivity index (χ4n) is 2.45. The number of aliphatic imine (C=N–C) groups is 1. The van der Waals surface area contributed by atoms with Crippen LogP contribution < -0.4 is 15.8 Å². The Morgan fingerprint density at radius 3 is 2.42 bits per heavy atom. The molecular weight excluding hydrogens is 368 g/mol. The third kappa shape index (κ3) is 5.82. The van der Waals surface area contributed by atoms with Gasteiger partial charge in [0.25, 0.3) is 0 Å². The van der Waals surface area contributed by atoms with Crippen molar-refractivity contribution in [2.45, 2.75) is 30.6 Å². The van der Waals surface area contributed by atoms with Gasteiger partial charge < -0.3 is 10.6 Å². The van der Waals surface area contributed by atoms with Crippen molar-refractivity contribution < 1.29 is 8.42 Å². The van der Waals surface area contributed by atoms with E-state index in [0.717, 1.165) is 24.5 Å². The second-order valence-corrected chi connectivity index (χ2v) is 9.16. The number of primary sulfonamides is 1. The normalized spacial score (nSPS) is 12.8. The number of sulfonamides is 1. The summed E-state index contributed by atoms with van der Waals surface area (Å²) in [5, 5.41) is 13.8. The van der Waals surface area contributed by atoms with Crippen molar-refractivity contribution in [3.8, 4) is 0 Å². The average Bonchev–Trinajstić information content (AvgIpc) is 3.13. The number of nitrogens with two attached hydrogens (primary N) is 1. The maximum atomic E-state index is 11.3. The fraction of sp³-hybridized carbons (Fsp3) is 0.389. The average molecular weight is 395 g/mol. The molecule has 1 heterocycles. The lowest BCUT2D eigenvalue weighted by Gasteiger charge is -2.25. The summed E-state index contributed by atoms with van der Waals surface area (Å²) in [7, 11) is -1.90. The lowest BCUT2D eigenvalue weighted by molar-refractivity contribution is 0.518. The van der Waals surface area contributed by atoms with Crippen molar-refractivity contribution in [2.24, 2.45) is 10.1 Å². The van der Waals surface area contributed by atoms with Crippen LogP contribution in [0.2, 0.25) is 0 Å². The number of nitrogens with one attached hydrogen (secondary N) is 2. The molecule has 0 atom stereocenters. The second-order valence-electron chi connectivity index (χ2n) is 6.65. The van der Waals surface area contributed by atoms with Gasteiger partial charge in [-0.1, -0.05) is 32.0 Å². The Kier molecular flexibility index (Phi) is 6.80. The number of hydrogen-bond acceptors (Lipinski definition) is 4. The molecule has 2 rings (SSSR count). The Hall–Kier alpha value is -1.90. The van der Waals surface area contributed by atoms with E-state index in [1.54, 1.807) is 30.5 Å². The molecule has 0 spiro atoms. The van der Waals surface area contributed by atoms with Crippen LogP contribution in [-0.4, -0.2) is 34.5 Å². The van der Waals surface area contributed by atoms with Crippen LogP contribution in [0.15, 0.2) is 51.7 Å². The molecule has 0 aliphatic rings. The van der Waals surface area contributed by atoms with Gasteiger partial charge in [0.2, 0.25) is 10.0 Å².